The summed E-state index contributed by atoms with van der Waals surface area (Å²) in [7, 11) is 1.76. The first-order valence-electron chi connectivity index (χ1n) is 6.22. The van der Waals surface area contributed by atoms with Crippen LogP contribution in [0.2, 0.25) is 0 Å². The lowest BCUT2D eigenvalue weighted by molar-refractivity contribution is -0.130. The Balaban J connectivity index is 2.15. The number of carbonyl (C=O) groups excluding carboxylic acids is 1. The van der Waals surface area contributed by atoms with E-state index in [9.17, 15) is 4.79 Å². The van der Waals surface area contributed by atoms with Crippen molar-refractivity contribution in [2.75, 3.05) is 18.9 Å². The molecule has 1 aromatic carbocycles. The standard InChI is InChI=1S/C13H17N5O/c1-4-18(3)12(19)9(2)14-13-15-10-7-5-6-8-11(10)16-17-13/h5-9H,4H2,1-3H3,(H,14,15,17). The van der Waals surface area contributed by atoms with Crippen molar-refractivity contribution in [1.82, 2.24) is 20.1 Å². The number of rotatable bonds is 4. The van der Waals surface area contributed by atoms with Crippen LogP contribution in [0.1, 0.15) is 13.8 Å². The maximum Gasteiger partial charge on any atom is 0.244 e. The molecule has 1 unspecified atom stereocenters. The van der Waals surface area contributed by atoms with E-state index in [-0.39, 0.29) is 11.9 Å². The lowest BCUT2D eigenvalue weighted by Crippen LogP contribution is -2.39. The molecule has 0 saturated heterocycles. The van der Waals surface area contributed by atoms with E-state index in [0.29, 0.717) is 12.5 Å². The minimum absolute atomic E-state index is 0.000686. The molecule has 1 N–H and O–H groups in total. The molecule has 1 heterocycles. The monoisotopic (exact) mass is 259 g/mol. The Morgan fingerprint density at radius 1 is 1.32 bits per heavy atom. The van der Waals surface area contributed by atoms with Crippen molar-refractivity contribution in [3.05, 3.63) is 24.3 Å². The second-order valence-electron chi connectivity index (χ2n) is 4.34. The van der Waals surface area contributed by atoms with Gasteiger partial charge in [0.25, 0.3) is 0 Å². The molecule has 0 saturated carbocycles. The summed E-state index contributed by atoms with van der Waals surface area (Å²) >= 11 is 0. The Hall–Kier alpha value is -2.24. The Labute approximate surface area is 111 Å². The van der Waals surface area contributed by atoms with Gasteiger partial charge in [-0.3, -0.25) is 4.79 Å². The summed E-state index contributed by atoms with van der Waals surface area (Å²) in [6, 6.07) is 7.10. The first-order chi connectivity index (χ1) is 9.11. The zero-order chi connectivity index (χ0) is 13.8. The van der Waals surface area contributed by atoms with Gasteiger partial charge in [0.2, 0.25) is 11.9 Å². The van der Waals surface area contributed by atoms with Crippen molar-refractivity contribution in [3.8, 4) is 0 Å². The fourth-order valence-electron chi connectivity index (χ4n) is 1.68. The second kappa shape index (κ2) is 5.60. The summed E-state index contributed by atoms with van der Waals surface area (Å²) in [6.07, 6.45) is 0. The van der Waals surface area contributed by atoms with Gasteiger partial charge >= 0.3 is 0 Å². The highest BCUT2D eigenvalue weighted by atomic mass is 16.2. The lowest BCUT2D eigenvalue weighted by atomic mass is 10.3. The zero-order valence-corrected chi connectivity index (χ0v) is 11.3. The van der Waals surface area contributed by atoms with Crippen LogP contribution in [0.15, 0.2) is 24.3 Å². The molecule has 0 spiro atoms. The number of benzene rings is 1. The Morgan fingerprint density at radius 2 is 2.00 bits per heavy atom. The van der Waals surface area contributed by atoms with Crippen LogP contribution in [0, 0.1) is 0 Å². The van der Waals surface area contributed by atoms with Crippen LogP contribution in [0.5, 0.6) is 0 Å². The third-order valence-electron chi connectivity index (χ3n) is 2.93. The first-order valence-corrected chi connectivity index (χ1v) is 6.22. The fourth-order valence-corrected chi connectivity index (χ4v) is 1.68. The minimum atomic E-state index is -0.382. The zero-order valence-electron chi connectivity index (χ0n) is 11.3. The van der Waals surface area contributed by atoms with Gasteiger partial charge in [-0.1, -0.05) is 12.1 Å². The summed E-state index contributed by atoms with van der Waals surface area (Å²) in [6.45, 7) is 4.38. The van der Waals surface area contributed by atoms with Gasteiger partial charge in [-0.05, 0) is 26.0 Å². The van der Waals surface area contributed by atoms with Gasteiger partial charge in [0, 0.05) is 13.6 Å². The van der Waals surface area contributed by atoms with E-state index in [1.807, 2.05) is 31.2 Å². The number of carbonyl (C=O) groups is 1. The highest BCUT2D eigenvalue weighted by molar-refractivity contribution is 5.83. The highest BCUT2D eigenvalue weighted by Crippen LogP contribution is 2.09. The summed E-state index contributed by atoms with van der Waals surface area (Å²) in [4.78, 5) is 17.9. The van der Waals surface area contributed by atoms with Crippen LogP contribution < -0.4 is 5.32 Å². The molecule has 0 aliphatic rings. The number of hydrogen-bond acceptors (Lipinski definition) is 5. The van der Waals surface area contributed by atoms with Crippen LogP contribution in [0.4, 0.5) is 5.95 Å². The van der Waals surface area contributed by atoms with E-state index in [2.05, 4.69) is 20.5 Å². The number of para-hydroxylation sites is 1. The molecule has 1 atom stereocenters. The van der Waals surface area contributed by atoms with Crippen LogP contribution >= 0.6 is 0 Å². The molecule has 2 rings (SSSR count). The molecule has 100 valence electrons. The van der Waals surface area contributed by atoms with Crippen LogP contribution in [0.3, 0.4) is 0 Å². The summed E-state index contributed by atoms with van der Waals surface area (Å²) in [5, 5.41) is 11.0. The summed E-state index contributed by atoms with van der Waals surface area (Å²) in [5.74, 6) is 0.364. The number of nitrogens with one attached hydrogen (secondary N) is 1. The number of likely N-dealkylation sites (N-methyl/N-ethyl adjacent to an activating group) is 1. The van der Waals surface area contributed by atoms with E-state index in [0.717, 1.165) is 11.0 Å². The average molecular weight is 259 g/mol. The first kappa shape index (κ1) is 13.2. The molecule has 0 radical (unpaired) electrons. The molecule has 2 aromatic rings. The molecule has 0 aliphatic carbocycles. The third kappa shape index (κ3) is 2.96. The SMILES string of the molecule is CCN(C)C(=O)C(C)Nc1nnc2ccccc2n1. The predicted octanol–water partition coefficient (Wildman–Crippen LogP) is 1.30. The van der Waals surface area contributed by atoms with Crippen molar-refractivity contribution in [1.29, 1.82) is 0 Å². The molecule has 6 heteroatoms. The van der Waals surface area contributed by atoms with Crippen LogP contribution in [0.25, 0.3) is 11.0 Å². The Kier molecular flexibility index (Phi) is 3.89. The van der Waals surface area contributed by atoms with E-state index in [1.165, 1.54) is 0 Å². The van der Waals surface area contributed by atoms with Crippen molar-refractivity contribution in [2.24, 2.45) is 0 Å². The molecule has 0 fully saturated rings. The molecule has 6 nitrogen and oxygen atoms in total. The Morgan fingerprint density at radius 3 is 2.68 bits per heavy atom. The maximum atomic E-state index is 11.9. The number of amides is 1. The number of nitrogens with zero attached hydrogens (tertiary/aromatic N) is 4. The number of anilines is 1. The summed E-state index contributed by atoms with van der Waals surface area (Å²) in [5.41, 5.74) is 1.49. The highest BCUT2D eigenvalue weighted by Gasteiger charge is 2.17. The molecular weight excluding hydrogens is 242 g/mol. The van der Waals surface area contributed by atoms with Gasteiger partial charge in [0.1, 0.15) is 11.6 Å². The number of hydrogen-bond donors (Lipinski definition) is 1. The van der Waals surface area contributed by atoms with Gasteiger partial charge in [-0.25, -0.2) is 4.98 Å². The van der Waals surface area contributed by atoms with Gasteiger partial charge in [-0.15, -0.1) is 10.2 Å². The van der Waals surface area contributed by atoms with E-state index >= 15 is 0 Å². The number of fused-ring (bicyclic) bond motifs is 1. The largest absolute Gasteiger partial charge is 0.344 e. The lowest BCUT2D eigenvalue weighted by Gasteiger charge is -2.20. The normalized spacial score (nSPS) is 12.2. The topological polar surface area (TPSA) is 71.0 Å². The van der Waals surface area contributed by atoms with Crippen molar-refractivity contribution < 1.29 is 4.79 Å². The van der Waals surface area contributed by atoms with Crippen molar-refractivity contribution in [2.45, 2.75) is 19.9 Å². The van der Waals surface area contributed by atoms with Gasteiger partial charge in [0.15, 0.2) is 0 Å². The maximum absolute atomic E-state index is 11.9. The molecule has 1 aromatic heterocycles. The molecular formula is C13H17N5O. The molecule has 1 amide bonds. The average Bonchev–Trinajstić information content (AvgIpc) is 2.45. The predicted molar refractivity (Wildman–Crippen MR) is 73.7 cm³/mol. The third-order valence-corrected chi connectivity index (χ3v) is 2.93. The van der Waals surface area contributed by atoms with E-state index in [1.54, 1.807) is 18.9 Å². The van der Waals surface area contributed by atoms with Crippen LogP contribution in [-0.2, 0) is 4.79 Å². The molecule has 0 bridgehead atoms. The van der Waals surface area contributed by atoms with Gasteiger partial charge < -0.3 is 10.2 Å². The molecule has 19 heavy (non-hydrogen) atoms. The Bertz CT molecular complexity index is 586. The smallest absolute Gasteiger partial charge is 0.244 e. The minimum Gasteiger partial charge on any atom is -0.344 e. The molecule has 0 aliphatic heterocycles. The van der Waals surface area contributed by atoms with Crippen molar-refractivity contribution >= 4 is 22.9 Å². The van der Waals surface area contributed by atoms with Crippen LogP contribution in [-0.4, -0.2) is 45.6 Å². The van der Waals surface area contributed by atoms with E-state index < -0.39 is 0 Å². The summed E-state index contributed by atoms with van der Waals surface area (Å²) < 4.78 is 0. The quantitative estimate of drug-likeness (QED) is 0.896. The van der Waals surface area contributed by atoms with Gasteiger partial charge in [0.05, 0.1) is 5.52 Å². The van der Waals surface area contributed by atoms with Gasteiger partial charge in [-0.2, -0.15) is 0 Å². The van der Waals surface area contributed by atoms with Crippen molar-refractivity contribution in [3.63, 3.8) is 0 Å². The van der Waals surface area contributed by atoms with E-state index in [4.69, 9.17) is 0 Å². The number of aromatic nitrogens is 3. The second-order valence-corrected chi connectivity index (χ2v) is 4.34. The fraction of sp³-hybridized carbons (Fsp3) is 0.385.